The Morgan fingerprint density at radius 1 is 1.32 bits per heavy atom. The highest BCUT2D eigenvalue weighted by Gasteiger charge is 2.19. The maximum atomic E-state index is 12.6. The van der Waals surface area contributed by atoms with Gasteiger partial charge in [0.15, 0.2) is 0 Å². The standard InChI is InChI=1S/C16H20ClN3O2/c17-15-5-2-1-4-14(15)16(21)20(7-3-6-18)9-8-19-10-12-22-13-11-19/h1-2,4-5H,3,7-13H2. The summed E-state index contributed by atoms with van der Waals surface area (Å²) in [7, 11) is 0. The van der Waals surface area contributed by atoms with Gasteiger partial charge in [-0.25, -0.2) is 0 Å². The molecule has 1 saturated heterocycles. The van der Waals surface area contributed by atoms with Crippen LogP contribution in [0.3, 0.4) is 0 Å². The van der Waals surface area contributed by atoms with Gasteiger partial charge < -0.3 is 9.64 Å². The topological polar surface area (TPSA) is 56.6 Å². The number of nitriles is 1. The summed E-state index contributed by atoms with van der Waals surface area (Å²) in [4.78, 5) is 16.6. The Bertz CT molecular complexity index is 538. The summed E-state index contributed by atoms with van der Waals surface area (Å²) in [5, 5.41) is 9.24. The second-order valence-corrected chi connectivity index (χ2v) is 5.54. The first-order valence-corrected chi connectivity index (χ1v) is 7.81. The summed E-state index contributed by atoms with van der Waals surface area (Å²) in [5.41, 5.74) is 0.490. The van der Waals surface area contributed by atoms with E-state index in [-0.39, 0.29) is 5.91 Å². The monoisotopic (exact) mass is 321 g/mol. The van der Waals surface area contributed by atoms with Gasteiger partial charge in [-0.3, -0.25) is 9.69 Å². The molecular formula is C16H20ClN3O2. The largest absolute Gasteiger partial charge is 0.379 e. The number of rotatable bonds is 6. The Hall–Kier alpha value is -1.61. The number of carbonyl (C=O) groups is 1. The highest BCUT2D eigenvalue weighted by Crippen LogP contribution is 2.17. The number of nitrogens with zero attached hydrogens (tertiary/aromatic N) is 3. The lowest BCUT2D eigenvalue weighted by Gasteiger charge is -2.30. The van der Waals surface area contributed by atoms with E-state index < -0.39 is 0 Å². The van der Waals surface area contributed by atoms with Crippen LogP contribution in [-0.4, -0.2) is 61.6 Å². The van der Waals surface area contributed by atoms with Crippen LogP contribution < -0.4 is 0 Å². The van der Waals surface area contributed by atoms with Crippen molar-refractivity contribution < 1.29 is 9.53 Å². The molecule has 1 aliphatic rings. The van der Waals surface area contributed by atoms with Gasteiger partial charge in [0.25, 0.3) is 5.91 Å². The highest BCUT2D eigenvalue weighted by atomic mass is 35.5. The number of ether oxygens (including phenoxy) is 1. The Morgan fingerprint density at radius 2 is 2.05 bits per heavy atom. The van der Waals surface area contributed by atoms with Crippen LogP contribution in [0.25, 0.3) is 0 Å². The van der Waals surface area contributed by atoms with Crippen molar-refractivity contribution in [3.8, 4) is 6.07 Å². The SMILES string of the molecule is N#CCCN(CCN1CCOCC1)C(=O)c1ccccc1Cl. The van der Waals surface area contributed by atoms with Gasteiger partial charge in [0.1, 0.15) is 0 Å². The zero-order chi connectivity index (χ0) is 15.8. The third kappa shape index (κ3) is 4.70. The number of benzene rings is 1. The Morgan fingerprint density at radius 3 is 2.73 bits per heavy atom. The van der Waals surface area contributed by atoms with Crippen molar-refractivity contribution in [3.05, 3.63) is 34.9 Å². The van der Waals surface area contributed by atoms with E-state index in [1.807, 2.05) is 0 Å². The summed E-state index contributed by atoms with van der Waals surface area (Å²) < 4.78 is 5.32. The van der Waals surface area contributed by atoms with Crippen molar-refractivity contribution in [1.82, 2.24) is 9.80 Å². The number of carbonyl (C=O) groups excluding carboxylic acids is 1. The van der Waals surface area contributed by atoms with E-state index in [0.717, 1.165) is 32.8 Å². The van der Waals surface area contributed by atoms with Crippen LogP contribution in [-0.2, 0) is 4.74 Å². The predicted molar refractivity (Wildman–Crippen MR) is 84.8 cm³/mol. The smallest absolute Gasteiger partial charge is 0.255 e. The minimum absolute atomic E-state index is 0.117. The Kier molecular flexibility index (Phi) is 6.66. The van der Waals surface area contributed by atoms with E-state index >= 15 is 0 Å². The van der Waals surface area contributed by atoms with Gasteiger partial charge in [-0.15, -0.1) is 0 Å². The van der Waals surface area contributed by atoms with Gasteiger partial charge in [0.2, 0.25) is 0 Å². The molecule has 0 spiro atoms. The fourth-order valence-corrected chi connectivity index (χ4v) is 2.61. The third-order valence-electron chi connectivity index (χ3n) is 3.67. The molecule has 0 atom stereocenters. The first-order chi connectivity index (χ1) is 10.7. The van der Waals surface area contributed by atoms with Crippen LogP contribution in [0.5, 0.6) is 0 Å². The predicted octanol–water partition coefficient (Wildman–Crippen LogP) is 2.03. The first kappa shape index (κ1) is 16.8. The fraction of sp³-hybridized carbons (Fsp3) is 0.500. The molecule has 0 aliphatic carbocycles. The maximum Gasteiger partial charge on any atom is 0.255 e. The Labute approximate surface area is 136 Å². The number of hydrogen-bond acceptors (Lipinski definition) is 4. The summed E-state index contributed by atoms with van der Waals surface area (Å²) in [6, 6.07) is 9.12. The number of halogens is 1. The van der Waals surface area contributed by atoms with Crippen molar-refractivity contribution in [1.29, 1.82) is 5.26 Å². The molecule has 118 valence electrons. The van der Waals surface area contributed by atoms with Crippen LogP contribution in [0.4, 0.5) is 0 Å². The highest BCUT2D eigenvalue weighted by molar-refractivity contribution is 6.33. The molecular weight excluding hydrogens is 302 g/mol. The first-order valence-electron chi connectivity index (χ1n) is 7.43. The van der Waals surface area contributed by atoms with Crippen molar-refractivity contribution in [3.63, 3.8) is 0 Å². The molecule has 0 saturated carbocycles. The molecule has 22 heavy (non-hydrogen) atoms. The molecule has 2 rings (SSSR count). The van der Waals surface area contributed by atoms with Crippen LogP contribution in [0.2, 0.25) is 5.02 Å². The molecule has 6 heteroatoms. The van der Waals surface area contributed by atoms with Gasteiger partial charge in [-0.05, 0) is 12.1 Å². The van der Waals surface area contributed by atoms with Crippen LogP contribution >= 0.6 is 11.6 Å². The number of hydrogen-bond donors (Lipinski definition) is 0. The van der Waals surface area contributed by atoms with Gasteiger partial charge in [-0.1, -0.05) is 23.7 Å². The summed E-state index contributed by atoms with van der Waals surface area (Å²) in [5.74, 6) is -0.117. The minimum Gasteiger partial charge on any atom is -0.379 e. The lowest BCUT2D eigenvalue weighted by molar-refractivity contribution is 0.0326. The van der Waals surface area contributed by atoms with Crippen LogP contribution in [0.15, 0.2) is 24.3 Å². The van der Waals surface area contributed by atoms with Crippen molar-refractivity contribution in [2.45, 2.75) is 6.42 Å². The molecule has 0 bridgehead atoms. The van der Waals surface area contributed by atoms with Crippen molar-refractivity contribution in [2.75, 3.05) is 45.9 Å². The van der Waals surface area contributed by atoms with Crippen molar-refractivity contribution >= 4 is 17.5 Å². The molecule has 0 N–H and O–H groups in total. The molecule has 1 fully saturated rings. The summed E-state index contributed by atoms with van der Waals surface area (Å²) in [6.45, 7) is 5.02. The maximum absolute atomic E-state index is 12.6. The zero-order valence-corrected chi connectivity index (χ0v) is 13.3. The number of morpholine rings is 1. The lowest BCUT2D eigenvalue weighted by Crippen LogP contribution is -2.43. The average Bonchev–Trinajstić information content (AvgIpc) is 2.56. The zero-order valence-electron chi connectivity index (χ0n) is 12.5. The van der Waals surface area contributed by atoms with Crippen molar-refractivity contribution in [2.24, 2.45) is 0 Å². The second kappa shape index (κ2) is 8.74. The van der Waals surface area contributed by atoms with E-state index in [0.29, 0.717) is 30.1 Å². The quantitative estimate of drug-likeness (QED) is 0.804. The third-order valence-corrected chi connectivity index (χ3v) is 4.00. The minimum atomic E-state index is -0.117. The normalized spacial score (nSPS) is 15.3. The van der Waals surface area contributed by atoms with E-state index in [2.05, 4.69) is 11.0 Å². The van der Waals surface area contributed by atoms with Gasteiger partial charge in [0.05, 0.1) is 36.3 Å². The molecule has 0 aromatic heterocycles. The molecule has 5 nitrogen and oxygen atoms in total. The molecule has 1 aromatic rings. The molecule has 1 aromatic carbocycles. The van der Waals surface area contributed by atoms with Crippen LogP contribution in [0.1, 0.15) is 16.8 Å². The summed E-state index contributed by atoms with van der Waals surface area (Å²) >= 11 is 6.11. The molecule has 1 aliphatic heterocycles. The van der Waals surface area contributed by atoms with E-state index in [1.54, 1.807) is 29.2 Å². The van der Waals surface area contributed by atoms with Gasteiger partial charge in [0, 0.05) is 32.7 Å². The van der Waals surface area contributed by atoms with Gasteiger partial charge in [-0.2, -0.15) is 5.26 Å². The van der Waals surface area contributed by atoms with E-state index in [1.165, 1.54) is 0 Å². The fourth-order valence-electron chi connectivity index (χ4n) is 2.39. The van der Waals surface area contributed by atoms with E-state index in [4.69, 9.17) is 21.6 Å². The average molecular weight is 322 g/mol. The molecule has 1 amide bonds. The molecule has 0 unspecified atom stereocenters. The summed E-state index contributed by atoms with van der Waals surface area (Å²) in [6.07, 6.45) is 0.319. The number of amides is 1. The Balaban J connectivity index is 2.00. The second-order valence-electron chi connectivity index (χ2n) is 5.13. The van der Waals surface area contributed by atoms with Crippen LogP contribution in [0, 0.1) is 11.3 Å². The van der Waals surface area contributed by atoms with Gasteiger partial charge >= 0.3 is 0 Å². The molecule has 0 radical (unpaired) electrons. The lowest BCUT2D eigenvalue weighted by atomic mass is 10.2. The molecule has 1 heterocycles. The van der Waals surface area contributed by atoms with E-state index in [9.17, 15) is 4.79 Å².